The quantitative estimate of drug-likeness (QED) is 0.609. The first kappa shape index (κ1) is 9.96. The minimum absolute atomic E-state index is 0.792. The molecule has 0 atom stereocenters. The van der Waals surface area contributed by atoms with Crippen LogP contribution in [0.4, 0.5) is 0 Å². The van der Waals surface area contributed by atoms with Crippen molar-refractivity contribution in [3.8, 4) is 23.7 Å². The van der Waals surface area contributed by atoms with Gasteiger partial charge in [0.1, 0.15) is 5.76 Å². The summed E-state index contributed by atoms with van der Waals surface area (Å²) in [5, 5.41) is 0. The predicted molar refractivity (Wildman–Crippen MR) is 58.1 cm³/mol. The second kappa shape index (κ2) is 6.40. The Hall–Kier alpha value is -2.12. The van der Waals surface area contributed by atoms with Crippen molar-refractivity contribution in [3.05, 3.63) is 42.4 Å². The molecule has 0 saturated carbocycles. The fourth-order valence-electron chi connectivity index (χ4n) is 0.749. The zero-order valence-corrected chi connectivity index (χ0v) is 7.95. The van der Waals surface area contributed by atoms with Crippen LogP contribution in [0.1, 0.15) is 12.7 Å². The molecule has 0 aliphatic heterocycles. The molecule has 0 radical (unpaired) electrons. The van der Waals surface area contributed by atoms with Crippen molar-refractivity contribution in [2.75, 3.05) is 0 Å². The van der Waals surface area contributed by atoms with Gasteiger partial charge < -0.3 is 4.42 Å². The minimum Gasteiger partial charge on any atom is -0.465 e. The molecular formula is C13H10O. The van der Waals surface area contributed by atoms with E-state index in [9.17, 15) is 0 Å². The lowest BCUT2D eigenvalue weighted by atomic mass is 10.4. The molecule has 0 spiro atoms. The van der Waals surface area contributed by atoms with Crippen LogP contribution in [-0.4, -0.2) is 0 Å². The molecule has 0 amide bonds. The second-order valence-corrected chi connectivity index (χ2v) is 2.39. The first-order chi connectivity index (χ1) is 6.93. The van der Waals surface area contributed by atoms with Gasteiger partial charge in [0.15, 0.2) is 0 Å². The van der Waals surface area contributed by atoms with E-state index < -0.39 is 0 Å². The van der Waals surface area contributed by atoms with Gasteiger partial charge >= 0.3 is 0 Å². The Balaban J connectivity index is 2.45. The highest BCUT2D eigenvalue weighted by Gasteiger charge is 1.83. The standard InChI is InChI=1S/C13H10O/c1-2-3-4-5-6-7-8-10-13-11-9-12-14-13/h2-3,8-12H,1H3/b3-2+,10-8-. The summed E-state index contributed by atoms with van der Waals surface area (Å²) in [6, 6.07) is 3.70. The van der Waals surface area contributed by atoms with Gasteiger partial charge in [-0.2, -0.15) is 0 Å². The number of hydrogen-bond acceptors (Lipinski definition) is 1. The number of rotatable bonds is 1. The maximum atomic E-state index is 5.08. The van der Waals surface area contributed by atoms with Crippen LogP contribution in [0.15, 0.2) is 41.0 Å². The van der Waals surface area contributed by atoms with Crippen LogP contribution in [0.2, 0.25) is 0 Å². The fourth-order valence-corrected chi connectivity index (χ4v) is 0.749. The van der Waals surface area contributed by atoms with Crippen molar-refractivity contribution in [1.29, 1.82) is 0 Å². The van der Waals surface area contributed by atoms with E-state index >= 15 is 0 Å². The van der Waals surface area contributed by atoms with Crippen LogP contribution < -0.4 is 0 Å². The molecule has 0 aliphatic rings. The molecule has 0 N–H and O–H groups in total. The van der Waals surface area contributed by atoms with E-state index in [4.69, 9.17) is 4.42 Å². The molecule has 0 aromatic carbocycles. The van der Waals surface area contributed by atoms with Crippen LogP contribution in [0.25, 0.3) is 6.08 Å². The maximum Gasteiger partial charge on any atom is 0.127 e. The van der Waals surface area contributed by atoms with Crippen molar-refractivity contribution >= 4 is 6.08 Å². The Morgan fingerprint density at radius 2 is 2.00 bits per heavy atom. The van der Waals surface area contributed by atoms with Gasteiger partial charge in [0.05, 0.1) is 6.26 Å². The molecule has 1 rings (SSSR count). The Morgan fingerprint density at radius 1 is 1.21 bits per heavy atom. The van der Waals surface area contributed by atoms with Gasteiger partial charge in [0.2, 0.25) is 0 Å². The first-order valence-corrected chi connectivity index (χ1v) is 4.26. The summed E-state index contributed by atoms with van der Waals surface area (Å²) in [7, 11) is 0. The summed E-state index contributed by atoms with van der Waals surface area (Å²) in [6.45, 7) is 1.92. The molecular weight excluding hydrogens is 172 g/mol. The van der Waals surface area contributed by atoms with Crippen LogP contribution in [0.5, 0.6) is 0 Å². The third-order valence-electron chi connectivity index (χ3n) is 1.33. The average molecular weight is 182 g/mol. The molecule has 0 aliphatic carbocycles. The predicted octanol–water partition coefficient (Wildman–Crippen LogP) is 2.88. The fraction of sp³-hybridized carbons (Fsp3) is 0.0769. The van der Waals surface area contributed by atoms with E-state index in [2.05, 4.69) is 23.7 Å². The lowest BCUT2D eigenvalue weighted by Crippen LogP contribution is -1.58. The summed E-state index contributed by atoms with van der Waals surface area (Å²) >= 11 is 0. The van der Waals surface area contributed by atoms with Crippen molar-refractivity contribution in [2.45, 2.75) is 6.92 Å². The molecule has 0 fully saturated rings. The highest BCUT2D eigenvalue weighted by molar-refractivity contribution is 5.48. The van der Waals surface area contributed by atoms with E-state index in [0.717, 1.165) is 5.76 Å². The third kappa shape index (κ3) is 4.04. The topological polar surface area (TPSA) is 13.1 Å². The van der Waals surface area contributed by atoms with Crippen molar-refractivity contribution < 1.29 is 4.42 Å². The Kier molecular flexibility index (Phi) is 4.56. The van der Waals surface area contributed by atoms with E-state index in [1.165, 1.54) is 0 Å². The van der Waals surface area contributed by atoms with Crippen LogP contribution in [-0.2, 0) is 0 Å². The van der Waals surface area contributed by atoms with Gasteiger partial charge in [-0.15, -0.1) is 0 Å². The molecule has 1 heterocycles. The van der Waals surface area contributed by atoms with Gasteiger partial charge in [-0.3, -0.25) is 0 Å². The van der Waals surface area contributed by atoms with Crippen LogP contribution in [0, 0.1) is 23.7 Å². The highest BCUT2D eigenvalue weighted by Crippen LogP contribution is 2.00. The minimum atomic E-state index is 0.792. The van der Waals surface area contributed by atoms with Crippen molar-refractivity contribution in [2.24, 2.45) is 0 Å². The molecule has 14 heavy (non-hydrogen) atoms. The normalized spacial score (nSPS) is 9.50. The lowest BCUT2D eigenvalue weighted by molar-refractivity contribution is 0.557. The van der Waals surface area contributed by atoms with Gasteiger partial charge in [0.25, 0.3) is 0 Å². The lowest BCUT2D eigenvalue weighted by Gasteiger charge is -1.76. The van der Waals surface area contributed by atoms with Crippen LogP contribution in [0.3, 0.4) is 0 Å². The summed E-state index contributed by atoms with van der Waals surface area (Å²) < 4.78 is 5.08. The highest BCUT2D eigenvalue weighted by atomic mass is 16.3. The van der Waals surface area contributed by atoms with E-state index in [0.29, 0.717) is 0 Å². The Bertz CT molecular complexity index is 425. The van der Waals surface area contributed by atoms with Crippen molar-refractivity contribution in [1.82, 2.24) is 0 Å². The average Bonchev–Trinajstić information content (AvgIpc) is 2.69. The van der Waals surface area contributed by atoms with Crippen molar-refractivity contribution in [3.63, 3.8) is 0 Å². The Morgan fingerprint density at radius 3 is 2.64 bits per heavy atom. The summed E-state index contributed by atoms with van der Waals surface area (Å²) in [6.07, 6.45) is 8.75. The van der Waals surface area contributed by atoms with Gasteiger partial charge in [0, 0.05) is 0 Å². The molecule has 1 aromatic rings. The molecule has 0 saturated heterocycles. The molecule has 0 unspecified atom stereocenters. The first-order valence-electron chi connectivity index (χ1n) is 4.26. The SMILES string of the molecule is C/C=C/C#CC#C/C=C\c1ccco1. The van der Waals surface area contributed by atoms with Crippen LogP contribution >= 0.6 is 0 Å². The summed E-state index contributed by atoms with van der Waals surface area (Å²) in [4.78, 5) is 0. The number of furan rings is 1. The molecule has 1 nitrogen and oxygen atoms in total. The number of hydrogen-bond donors (Lipinski definition) is 0. The second-order valence-electron chi connectivity index (χ2n) is 2.39. The van der Waals surface area contributed by atoms with Gasteiger partial charge in [-0.25, -0.2) is 0 Å². The van der Waals surface area contributed by atoms with E-state index in [-0.39, 0.29) is 0 Å². The van der Waals surface area contributed by atoms with E-state index in [1.54, 1.807) is 24.5 Å². The molecule has 68 valence electrons. The molecule has 1 heteroatoms. The smallest absolute Gasteiger partial charge is 0.127 e. The van der Waals surface area contributed by atoms with E-state index in [1.807, 2.05) is 25.1 Å². The summed E-state index contributed by atoms with van der Waals surface area (Å²) in [5.41, 5.74) is 0. The third-order valence-corrected chi connectivity index (χ3v) is 1.33. The summed E-state index contributed by atoms with van der Waals surface area (Å²) in [5.74, 6) is 11.7. The molecule has 1 aromatic heterocycles. The zero-order chi connectivity index (χ0) is 10.1. The molecule has 0 bridgehead atoms. The number of allylic oxidation sites excluding steroid dienone is 3. The Labute approximate surface area is 84.1 Å². The van der Waals surface area contributed by atoms with Gasteiger partial charge in [-0.05, 0) is 49.1 Å². The maximum absolute atomic E-state index is 5.08. The van der Waals surface area contributed by atoms with Gasteiger partial charge in [-0.1, -0.05) is 17.9 Å². The monoisotopic (exact) mass is 182 g/mol. The zero-order valence-electron chi connectivity index (χ0n) is 7.95. The largest absolute Gasteiger partial charge is 0.465 e.